The molecule has 0 heterocycles. The average Bonchev–Trinajstić information content (AvgIpc) is 2.83. The molecular weight excluding hydrogens is 404 g/mol. The third-order valence-electron chi connectivity index (χ3n) is 6.23. The van der Waals surface area contributed by atoms with Gasteiger partial charge in [0.2, 0.25) is 0 Å². The number of nitrogens with one attached hydrogen (secondary N) is 2. The molecule has 1 aliphatic rings. The van der Waals surface area contributed by atoms with Crippen LogP contribution in [0.5, 0.6) is 0 Å². The molecule has 0 radical (unpaired) electrons. The van der Waals surface area contributed by atoms with Gasteiger partial charge >= 0.3 is 0 Å². The molecule has 3 aromatic rings. The summed E-state index contributed by atoms with van der Waals surface area (Å²) >= 11 is 0. The Bertz CT molecular complexity index is 1040. The molecule has 0 spiro atoms. The highest BCUT2D eigenvalue weighted by molar-refractivity contribution is 5.76. The van der Waals surface area contributed by atoms with Crippen LogP contribution in [0.4, 0.5) is 0 Å². The summed E-state index contributed by atoms with van der Waals surface area (Å²) in [6.07, 6.45) is 5.83. The summed E-state index contributed by atoms with van der Waals surface area (Å²) in [7, 11) is 2.01. The minimum absolute atomic E-state index is 0.717. The lowest BCUT2D eigenvalue weighted by Gasteiger charge is -2.23. The van der Waals surface area contributed by atoms with Gasteiger partial charge in [-0.1, -0.05) is 79.7 Å². The summed E-state index contributed by atoms with van der Waals surface area (Å²) in [5, 5.41) is 6.84. The first kappa shape index (κ1) is 24.5. The van der Waals surface area contributed by atoms with E-state index < -0.39 is 0 Å². The quantitative estimate of drug-likeness (QED) is 0.394. The monoisotopic (exact) mass is 440 g/mol. The van der Waals surface area contributed by atoms with Gasteiger partial charge in [-0.2, -0.15) is 0 Å². The van der Waals surface area contributed by atoms with Crippen LogP contribution >= 0.6 is 0 Å². The fraction of sp³-hybridized carbons (Fsp3) is 0.300. The molecule has 0 amide bonds. The maximum atomic E-state index is 10.5. The van der Waals surface area contributed by atoms with E-state index in [0.717, 1.165) is 31.4 Å². The van der Waals surface area contributed by atoms with Gasteiger partial charge in [0.15, 0.2) is 0 Å². The van der Waals surface area contributed by atoms with Crippen molar-refractivity contribution in [2.75, 3.05) is 13.6 Å². The summed E-state index contributed by atoms with van der Waals surface area (Å²) in [6, 6.07) is 24.7. The highest BCUT2D eigenvalue weighted by atomic mass is 16.1. The summed E-state index contributed by atoms with van der Waals surface area (Å²) in [4.78, 5) is 10.5. The Kier molecular flexibility index (Phi) is 9.46. The predicted octanol–water partition coefficient (Wildman–Crippen LogP) is 6.47. The molecule has 0 aromatic heterocycles. The molecule has 0 atom stereocenters. The van der Waals surface area contributed by atoms with Gasteiger partial charge in [-0.15, -0.1) is 0 Å². The number of aldehydes is 1. The number of rotatable bonds is 8. The fourth-order valence-corrected chi connectivity index (χ4v) is 3.84. The number of aryl methyl sites for hydroxylation is 2. The van der Waals surface area contributed by atoms with Crippen molar-refractivity contribution in [3.63, 3.8) is 0 Å². The molecule has 1 saturated carbocycles. The Morgan fingerprint density at radius 1 is 0.909 bits per heavy atom. The smallest absolute Gasteiger partial charge is 0.150 e. The number of hydrogen-bond donors (Lipinski definition) is 2. The molecule has 1 aliphatic carbocycles. The van der Waals surface area contributed by atoms with Crippen LogP contribution in [0.15, 0.2) is 84.1 Å². The third-order valence-corrected chi connectivity index (χ3v) is 6.23. The second kappa shape index (κ2) is 12.8. The molecular formula is C30H36N2O. The van der Waals surface area contributed by atoms with Gasteiger partial charge in [-0.3, -0.25) is 4.79 Å². The van der Waals surface area contributed by atoms with Crippen LogP contribution in [0.2, 0.25) is 0 Å². The Morgan fingerprint density at radius 2 is 1.55 bits per heavy atom. The van der Waals surface area contributed by atoms with Crippen molar-refractivity contribution in [1.29, 1.82) is 0 Å². The zero-order chi connectivity index (χ0) is 23.5. The van der Waals surface area contributed by atoms with Crippen molar-refractivity contribution in [2.24, 2.45) is 0 Å². The van der Waals surface area contributed by atoms with Gasteiger partial charge in [0.05, 0.1) is 0 Å². The summed E-state index contributed by atoms with van der Waals surface area (Å²) in [5.41, 5.74) is 10.2. The van der Waals surface area contributed by atoms with Crippen LogP contribution in [0, 0.1) is 6.92 Å². The number of likely N-dealkylation sites (N-methyl/N-ethyl adjacent to an activating group) is 1. The van der Waals surface area contributed by atoms with E-state index in [4.69, 9.17) is 0 Å². The van der Waals surface area contributed by atoms with Gasteiger partial charge in [0.1, 0.15) is 6.29 Å². The Hall–Kier alpha value is -3.17. The minimum Gasteiger partial charge on any atom is -0.383 e. The molecule has 0 bridgehead atoms. The van der Waals surface area contributed by atoms with E-state index >= 15 is 0 Å². The summed E-state index contributed by atoms with van der Waals surface area (Å²) < 4.78 is 0. The zero-order valence-electron chi connectivity index (χ0n) is 20.2. The second-order valence-corrected chi connectivity index (χ2v) is 8.54. The number of carbonyl (C=O) groups is 1. The fourth-order valence-electron chi connectivity index (χ4n) is 3.84. The summed E-state index contributed by atoms with van der Waals surface area (Å²) in [5.74, 6) is 0. The summed E-state index contributed by atoms with van der Waals surface area (Å²) in [6.45, 7) is 6.22. The van der Waals surface area contributed by atoms with Crippen molar-refractivity contribution >= 4 is 6.29 Å². The Labute approximate surface area is 198 Å². The van der Waals surface area contributed by atoms with Crippen LogP contribution in [0.25, 0.3) is 11.1 Å². The lowest BCUT2D eigenvalue weighted by Crippen LogP contribution is -2.26. The van der Waals surface area contributed by atoms with Crippen molar-refractivity contribution in [2.45, 2.75) is 46.1 Å². The molecule has 33 heavy (non-hydrogen) atoms. The van der Waals surface area contributed by atoms with Crippen molar-refractivity contribution < 1.29 is 4.79 Å². The van der Waals surface area contributed by atoms with E-state index in [1.54, 1.807) is 5.57 Å². The van der Waals surface area contributed by atoms with E-state index in [2.05, 4.69) is 73.0 Å². The molecule has 4 rings (SSSR count). The number of benzene rings is 3. The molecule has 3 nitrogen and oxygen atoms in total. The lowest BCUT2D eigenvalue weighted by molar-refractivity contribution is 0.112. The van der Waals surface area contributed by atoms with Crippen molar-refractivity contribution in [3.05, 3.63) is 106 Å². The molecule has 2 N–H and O–H groups in total. The molecule has 1 fully saturated rings. The maximum Gasteiger partial charge on any atom is 0.150 e. The van der Waals surface area contributed by atoms with Crippen LogP contribution in [0.3, 0.4) is 0 Å². The molecule has 3 aromatic carbocycles. The van der Waals surface area contributed by atoms with Gasteiger partial charge < -0.3 is 10.6 Å². The SMILES string of the molecule is CCc1ccc(-c2ccc(C=O)cc2)cc1.CNCC(NCc1ccccc1C)=C1CCC1. The minimum atomic E-state index is 0.717. The molecule has 0 saturated heterocycles. The molecule has 172 valence electrons. The first-order valence-electron chi connectivity index (χ1n) is 11.9. The van der Waals surface area contributed by atoms with Crippen LogP contribution in [-0.4, -0.2) is 19.9 Å². The van der Waals surface area contributed by atoms with Gasteiger partial charge in [-0.25, -0.2) is 0 Å². The highest BCUT2D eigenvalue weighted by Gasteiger charge is 2.14. The number of hydrogen-bond acceptors (Lipinski definition) is 3. The van der Waals surface area contributed by atoms with E-state index in [0.29, 0.717) is 5.56 Å². The van der Waals surface area contributed by atoms with Gasteiger partial charge in [-0.05, 0) is 73.0 Å². The van der Waals surface area contributed by atoms with Crippen LogP contribution in [0.1, 0.15) is 53.2 Å². The maximum absolute atomic E-state index is 10.5. The van der Waals surface area contributed by atoms with E-state index in [-0.39, 0.29) is 0 Å². The highest BCUT2D eigenvalue weighted by Crippen LogP contribution is 2.27. The standard InChI is InChI=1S/C15H22N2.C15H14O/c1-12-6-3-4-7-14(12)10-17-15(11-16-2)13-8-5-9-13;1-2-12-3-7-14(8-4-12)15-9-5-13(11-16)6-10-15/h3-4,6-7,16-17H,5,8-11H2,1-2H3;3-11H,2H2,1H3. The largest absolute Gasteiger partial charge is 0.383 e. The zero-order valence-corrected chi connectivity index (χ0v) is 20.2. The van der Waals surface area contributed by atoms with E-state index in [9.17, 15) is 4.79 Å². The van der Waals surface area contributed by atoms with E-state index in [1.807, 2.05) is 31.3 Å². The number of allylic oxidation sites excluding steroid dienone is 1. The molecule has 3 heteroatoms. The lowest BCUT2D eigenvalue weighted by atomic mass is 9.90. The number of carbonyl (C=O) groups excluding carboxylic acids is 1. The second-order valence-electron chi connectivity index (χ2n) is 8.54. The van der Waals surface area contributed by atoms with Crippen LogP contribution in [-0.2, 0) is 13.0 Å². The van der Waals surface area contributed by atoms with Crippen molar-refractivity contribution in [1.82, 2.24) is 10.6 Å². The Morgan fingerprint density at radius 3 is 2.06 bits per heavy atom. The Balaban J connectivity index is 0.000000186. The van der Waals surface area contributed by atoms with Crippen molar-refractivity contribution in [3.8, 4) is 11.1 Å². The molecule has 0 unspecified atom stereocenters. The van der Waals surface area contributed by atoms with E-state index in [1.165, 1.54) is 47.2 Å². The first-order chi connectivity index (χ1) is 16.1. The first-order valence-corrected chi connectivity index (χ1v) is 11.9. The van der Waals surface area contributed by atoms with Gasteiger partial charge in [0.25, 0.3) is 0 Å². The topological polar surface area (TPSA) is 41.1 Å². The van der Waals surface area contributed by atoms with Gasteiger partial charge in [0, 0.05) is 24.4 Å². The normalized spacial score (nSPS) is 12.3. The third kappa shape index (κ3) is 7.16. The van der Waals surface area contributed by atoms with Crippen LogP contribution < -0.4 is 10.6 Å². The average molecular weight is 441 g/mol. The predicted molar refractivity (Wildman–Crippen MR) is 139 cm³/mol. The molecule has 0 aliphatic heterocycles.